The number of halogens is 1. The Hall–Kier alpha value is -1.81. The Bertz CT molecular complexity index is 576. The van der Waals surface area contributed by atoms with E-state index < -0.39 is 10.8 Å². The van der Waals surface area contributed by atoms with Gasteiger partial charge >= 0.3 is 0 Å². The summed E-state index contributed by atoms with van der Waals surface area (Å²) >= 11 is 0. The van der Waals surface area contributed by atoms with Crippen molar-refractivity contribution in [1.29, 1.82) is 0 Å². The maximum absolute atomic E-state index is 12.7. The van der Waals surface area contributed by atoms with Crippen LogP contribution in [0.25, 0.3) is 0 Å². The Labute approximate surface area is 108 Å². The van der Waals surface area contributed by atoms with E-state index in [9.17, 15) is 8.60 Å². The molecule has 4 heteroatoms. The summed E-state index contributed by atoms with van der Waals surface area (Å²) in [6.07, 6.45) is 3.30. The molecule has 1 unspecified atom stereocenters. The molecule has 0 spiro atoms. The van der Waals surface area contributed by atoms with Crippen molar-refractivity contribution in [1.82, 2.24) is 0 Å². The van der Waals surface area contributed by atoms with Gasteiger partial charge in [0.15, 0.2) is 0 Å². The van der Waals surface area contributed by atoms with Crippen molar-refractivity contribution < 1.29 is 8.60 Å². The van der Waals surface area contributed by atoms with Crippen molar-refractivity contribution in [2.45, 2.75) is 4.90 Å². The molecule has 0 radical (unpaired) electrons. The zero-order chi connectivity index (χ0) is 13.0. The SMILES string of the molecule is CS(=O)c1ccc(N=Cc2ccc(F)cc2)cc1. The number of nitrogens with zero attached hydrogens (tertiary/aromatic N) is 1. The number of hydrogen-bond acceptors (Lipinski definition) is 2. The fourth-order valence-corrected chi connectivity index (χ4v) is 1.94. The van der Waals surface area contributed by atoms with Gasteiger partial charge in [0.1, 0.15) is 5.82 Å². The second-order valence-electron chi connectivity index (χ2n) is 3.76. The molecule has 0 aliphatic carbocycles. The van der Waals surface area contributed by atoms with Crippen molar-refractivity contribution in [3.05, 3.63) is 59.9 Å². The number of aliphatic imine (C=N–C) groups is 1. The highest BCUT2D eigenvalue weighted by Gasteiger charge is 1.96. The smallest absolute Gasteiger partial charge is 0.123 e. The van der Waals surface area contributed by atoms with Crippen LogP contribution in [0, 0.1) is 5.82 Å². The van der Waals surface area contributed by atoms with Crippen LogP contribution in [0.2, 0.25) is 0 Å². The summed E-state index contributed by atoms with van der Waals surface area (Å²) in [6.45, 7) is 0. The molecule has 0 fully saturated rings. The van der Waals surface area contributed by atoms with Crippen molar-refractivity contribution >= 4 is 22.7 Å². The van der Waals surface area contributed by atoms with Gasteiger partial charge in [-0.15, -0.1) is 0 Å². The molecule has 2 nitrogen and oxygen atoms in total. The lowest BCUT2D eigenvalue weighted by molar-refractivity contribution is 0.628. The van der Waals surface area contributed by atoms with E-state index in [1.54, 1.807) is 48.9 Å². The van der Waals surface area contributed by atoms with Crippen molar-refractivity contribution in [2.24, 2.45) is 4.99 Å². The van der Waals surface area contributed by atoms with Gasteiger partial charge in [-0.25, -0.2) is 4.39 Å². The van der Waals surface area contributed by atoms with Gasteiger partial charge in [-0.1, -0.05) is 12.1 Å². The van der Waals surface area contributed by atoms with Crippen molar-refractivity contribution in [3.8, 4) is 0 Å². The molecule has 0 bridgehead atoms. The largest absolute Gasteiger partial charge is 0.256 e. The van der Waals surface area contributed by atoms with E-state index in [4.69, 9.17) is 0 Å². The lowest BCUT2D eigenvalue weighted by Gasteiger charge is -1.97. The predicted octanol–water partition coefficient (Wildman–Crippen LogP) is 3.31. The molecule has 0 saturated carbocycles. The second kappa shape index (κ2) is 5.69. The van der Waals surface area contributed by atoms with Gasteiger partial charge < -0.3 is 0 Å². The van der Waals surface area contributed by atoms with Crippen LogP contribution in [0.15, 0.2) is 58.4 Å². The molecule has 0 saturated heterocycles. The third-order valence-electron chi connectivity index (χ3n) is 2.40. The van der Waals surface area contributed by atoms with Crippen LogP contribution in [0.1, 0.15) is 5.56 Å². The van der Waals surface area contributed by atoms with Crippen LogP contribution in [0.5, 0.6) is 0 Å². The first-order chi connectivity index (χ1) is 8.65. The molecule has 2 aromatic carbocycles. The molecular formula is C14H12FNOS. The number of benzene rings is 2. The van der Waals surface area contributed by atoms with E-state index >= 15 is 0 Å². The molecule has 0 aromatic heterocycles. The van der Waals surface area contributed by atoms with Crippen molar-refractivity contribution in [2.75, 3.05) is 6.26 Å². The third kappa shape index (κ3) is 3.34. The summed E-state index contributed by atoms with van der Waals surface area (Å²) in [5.74, 6) is -0.262. The highest BCUT2D eigenvalue weighted by molar-refractivity contribution is 7.84. The molecule has 18 heavy (non-hydrogen) atoms. The topological polar surface area (TPSA) is 29.4 Å². The average Bonchev–Trinajstić information content (AvgIpc) is 2.38. The standard InChI is InChI=1S/C14H12FNOS/c1-18(17)14-8-6-13(7-9-14)16-10-11-2-4-12(15)5-3-11/h2-10H,1H3. The Morgan fingerprint density at radius 1 is 1.06 bits per heavy atom. The van der Waals surface area contributed by atoms with Crippen LogP contribution in [0.3, 0.4) is 0 Å². The van der Waals surface area contributed by atoms with E-state index in [1.807, 2.05) is 0 Å². The quantitative estimate of drug-likeness (QED) is 0.779. The van der Waals surface area contributed by atoms with Crippen molar-refractivity contribution in [3.63, 3.8) is 0 Å². The zero-order valence-electron chi connectivity index (χ0n) is 9.84. The number of hydrogen-bond donors (Lipinski definition) is 0. The lowest BCUT2D eigenvalue weighted by atomic mass is 10.2. The summed E-state index contributed by atoms with van der Waals surface area (Å²) < 4.78 is 23.9. The molecule has 0 aliphatic heterocycles. The second-order valence-corrected chi connectivity index (χ2v) is 5.14. The summed E-state index contributed by atoms with van der Waals surface area (Å²) in [7, 11) is -0.973. The van der Waals surface area contributed by atoms with Crippen LogP contribution < -0.4 is 0 Å². The fourth-order valence-electron chi connectivity index (χ4n) is 1.42. The van der Waals surface area contributed by atoms with Gasteiger partial charge in [-0.2, -0.15) is 0 Å². The van der Waals surface area contributed by atoms with Crippen LogP contribution in [-0.2, 0) is 10.8 Å². The van der Waals surface area contributed by atoms with E-state index in [0.29, 0.717) is 0 Å². The first-order valence-corrected chi connectivity index (χ1v) is 6.94. The third-order valence-corrected chi connectivity index (χ3v) is 3.34. The predicted molar refractivity (Wildman–Crippen MR) is 72.4 cm³/mol. The summed E-state index contributed by atoms with van der Waals surface area (Å²) in [6, 6.07) is 13.3. The molecule has 0 N–H and O–H groups in total. The highest BCUT2D eigenvalue weighted by Crippen LogP contribution is 2.15. The summed E-state index contributed by atoms with van der Waals surface area (Å²) in [5, 5.41) is 0. The Kier molecular flexibility index (Phi) is 3.99. The lowest BCUT2D eigenvalue weighted by Crippen LogP contribution is -1.85. The monoisotopic (exact) mass is 261 g/mol. The number of rotatable bonds is 3. The molecule has 92 valence electrons. The van der Waals surface area contributed by atoms with Gasteiger partial charge in [-0.3, -0.25) is 9.20 Å². The maximum Gasteiger partial charge on any atom is 0.123 e. The Morgan fingerprint density at radius 2 is 1.67 bits per heavy atom. The Morgan fingerprint density at radius 3 is 2.22 bits per heavy atom. The zero-order valence-corrected chi connectivity index (χ0v) is 10.7. The van der Waals surface area contributed by atoms with Crippen LogP contribution in [0.4, 0.5) is 10.1 Å². The fraction of sp³-hybridized carbons (Fsp3) is 0.0714. The molecule has 2 rings (SSSR count). The highest BCUT2D eigenvalue weighted by atomic mass is 32.2. The molecule has 2 aromatic rings. The van der Waals surface area contributed by atoms with Crippen LogP contribution in [-0.4, -0.2) is 16.7 Å². The van der Waals surface area contributed by atoms with Gasteiger partial charge in [0.2, 0.25) is 0 Å². The maximum atomic E-state index is 12.7. The first kappa shape index (κ1) is 12.6. The summed E-state index contributed by atoms with van der Waals surface area (Å²) in [5.41, 5.74) is 1.60. The average molecular weight is 261 g/mol. The van der Waals surface area contributed by atoms with E-state index in [-0.39, 0.29) is 5.82 Å². The minimum atomic E-state index is -0.973. The molecule has 0 amide bonds. The van der Waals surface area contributed by atoms with Gasteiger partial charge in [0.25, 0.3) is 0 Å². The molecule has 1 atom stereocenters. The van der Waals surface area contributed by atoms with E-state index in [0.717, 1.165) is 16.1 Å². The van der Waals surface area contributed by atoms with Gasteiger partial charge in [0.05, 0.1) is 5.69 Å². The van der Waals surface area contributed by atoms with E-state index in [2.05, 4.69) is 4.99 Å². The molecule has 0 heterocycles. The normalized spacial score (nSPS) is 12.8. The van der Waals surface area contributed by atoms with Gasteiger partial charge in [-0.05, 0) is 42.0 Å². The summed E-state index contributed by atoms with van der Waals surface area (Å²) in [4.78, 5) is 5.03. The van der Waals surface area contributed by atoms with Gasteiger partial charge in [0, 0.05) is 28.2 Å². The first-order valence-electron chi connectivity index (χ1n) is 5.38. The molecule has 0 aliphatic rings. The molecular weight excluding hydrogens is 249 g/mol. The van der Waals surface area contributed by atoms with E-state index in [1.165, 1.54) is 12.1 Å². The Balaban J connectivity index is 2.13. The minimum absolute atomic E-state index is 0.262. The van der Waals surface area contributed by atoms with Crippen LogP contribution >= 0.6 is 0 Å². The minimum Gasteiger partial charge on any atom is -0.256 e.